The Morgan fingerprint density at radius 2 is 1.81 bits per heavy atom. The molecule has 0 bridgehead atoms. The van der Waals surface area contributed by atoms with E-state index in [2.05, 4.69) is 33.1 Å². The molecule has 0 saturated heterocycles. The Morgan fingerprint density at radius 3 is 2.27 bits per heavy atom. The highest BCUT2D eigenvalue weighted by molar-refractivity contribution is 9.10. The largest absolute Gasteiger partial charge is 0.587 e. The van der Waals surface area contributed by atoms with Gasteiger partial charge in [-0.25, -0.2) is 0 Å². The molecular weight excluding hydrogens is 395 g/mol. The number of halogens is 1. The normalized spacial score (nSPS) is 16.2. The number of allylic oxidation sites excluding steroid dienone is 2. The van der Waals surface area contributed by atoms with Crippen molar-refractivity contribution in [1.82, 2.24) is 9.79 Å². The molecule has 0 amide bonds. The fourth-order valence-electron chi connectivity index (χ4n) is 2.21. The molecule has 2 heterocycles. The van der Waals surface area contributed by atoms with Gasteiger partial charge in [0.1, 0.15) is 0 Å². The lowest BCUT2D eigenvalue weighted by Crippen LogP contribution is -2.49. The van der Waals surface area contributed by atoms with E-state index in [0.717, 1.165) is 10.2 Å². The average Bonchev–Trinajstić information content (AvgIpc) is 2.62. The lowest BCUT2D eigenvalue weighted by Gasteiger charge is -2.36. The second-order valence-electron chi connectivity index (χ2n) is 6.90. The third-order valence-electron chi connectivity index (χ3n) is 3.93. The molecule has 1 aromatic rings. The fourth-order valence-corrected chi connectivity index (χ4v) is 2.45. The summed E-state index contributed by atoms with van der Waals surface area (Å²) in [5.74, 6) is 0. The molecule has 2 N–H and O–H groups in total. The molecule has 1 atom stereocenters. The summed E-state index contributed by atoms with van der Waals surface area (Å²) >= 11 is 3.29. The second kappa shape index (κ2) is 9.00. The standard InChI is InChI=1S/C9H13BN2O2.C9H9BrN2/c1-9(2,7-11)8-5-3-4-6-12(8)10(13)14;1-9(2,6-11)8-4-3-7(10)5-12-8/h3-6,8,13-14H,1-2H3;3-5H,1-2H3. The van der Waals surface area contributed by atoms with E-state index < -0.39 is 18.1 Å². The lowest BCUT2D eigenvalue weighted by molar-refractivity contribution is 0.229. The van der Waals surface area contributed by atoms with E-state index in [1.54, 1.807) is 44.5 Å². The Morgan fingerprint density at radius 1 is 1.15 bits per heavy atom. The number of nitrogens with zero attached hydrogens (tertiary/aromatic N) is 4. The van der Waals surface area contributed by atoms with E-state index in [1.807, 2.05) is 26.0 Å². The van der Waals surface area contributed by atoms with E-state index in [4.69, 9.17) is 20.6 Å². The van der Waals surface area contributed by atoms with Crippen molar-refractivity contribution in [2.24, 2.45) is 5.41 Å². The third-order valence-corrected chi connectivity index (χ3v) is 4.39. The van der Waals surface area contributed by atoms with Gasteiger partial charge in [0.15, 0.2) is 0 Å². The van der Waals surface area contributed by atoms with Crippen molar-refractivity contribution < 1.29 is 10.0 Å². The first-order chi connectivity index (χ1) is 12.0. The van der Waals surface area contributed by atoms with Crippen LogP contribution in [-0.2, 0) is 5.41 Å². The van der Waals surface area contributed by atoms with Gasteiger partial charge in [-0.1, -0.05) is 12.2 Å². The van der Waals surface area contributed by atoms with E-state index in [1.165, 1.54) is 4.81 Å². The van der Waals surface area contributed by atoms with Gasteiger partial charge in [0.05, 0.1) is 34.7 Å². The predicted molar refractivity (Wildman–Crippen MR) is 104 cm³/mol. The second-order valence-corrected chi connectivity index (χ2v) is 7.81. The third kappa shape index (κ3) is 5.71. The number of hydrogen-bond acceptors (Lipinski definition) is 6. The molecule has 0 fully saturated rings. The van der Waals surface area contributed by atoms with Crippen molar-refractivity contribution in [2.45, 2.75) is 39.2 Å². The zero-order chi connectivity index (χ0) is 20.0. The Kier molecular flexibility index (Phi) is 7.59. The van der Waals surface area contributed by atoms with Crippen LogP contribution in [0.1, 0.15) is 33.4 Å². The number of aromatic nitrogens is 1. The van der Waals surface area contributed by atoms with Gasteiger partial charge in [-0.2, -0.15) is 10.5 Å². The molecule has 0 spiro atoms. The Hall–Kier alpha value is -2.13. The van der Waals surface area contributed by atoms with E-state index in [0.29, 0.717) is 0 Å². The van der Waals surface area contributed by atoms with Gasteiger partial charge >= 0.3 is 7.25 Å². The zero-order valence-corrected chi connectivity index (χ0v) is 16.8. The van der Waals surface area contributed by atoms with Gasteiger partial charge < -0.3 is 14.9 Å². The van der Waals surface area contributed by atoms with Gasteiger partial charge in [-0.05, 0) is 68.0 Å². The molecule has 1 aliphatic rings. The molecule has 136 valence electrons. The molecule has 0 saturated carbocycles. The number of pyridine rings is 1. The first-order valence-corrected chi connectivity index (χ1v) is 8.77. The first-order valence-electron chi connectivity index (χ1n) is 7.98. The van der Waals surface area contributed by atoms with Crippen molar-refractivity contribution in [3.8, 4) is 12.1 Å². The van der Waals surface area contributed by atoms with Gasteiger partial charge in [0.2, 0.25) is 0 Å². The Balaban J connectivity index is 0.000000263. The van der Waals surface area contributed by atoms with Gasteiger partial charge in [0, 0.05) is 10.7 Å². The summed E-state index contributed by atoms with van der Waals surface area (Å²) in [4.78, 5) is 5.49. The maximum absolute atomic E-state index is 9.09. The topological polar surface area (TPSA) is 104 Å². The average molecular weight is 417 g/mol. The quantitative estimate of drug-likeness (QED) is 0.734. The number of rotatable bonds is 3. The molecule has 1 aromatic heterocycles. The summed E-state index contributed by atoms with van der Waals surface area (Å²) in [6, 6.07) is 7.77. The Bertz CT molecular complexity index is 746. The van der Waals surface area contributed by atoms with Crippen molar-refractivity contribution in [2.75, 3.05) is 0 Å². The predicted octanol–water partition coefficient (Wildman–Crippen LogP) is 2.91. The minimum atomic E-state index is -1.58. The van der Waals surface area contributed by atoms with E-state index in [-0.39, 0.29) is 6.04 Å². The molecule has 1 unspecified atom stereocenters. The molecule has 26 heavy (non-hydrogen) atoms. The molecule has 0 radical (unpaired) electrons. The fraction of sp³-hybridized carbons (Fsp3) is 0.389. The number of nitriles is 2. The highest BCUT2D eigenvalue weighted by Gasteiger charge is 2.36. The highest BCUT2D eigenvalue weighted by atomic mass is 79.9. The maximum Gasteiger partial charge on any atom is 0.587 e. The summed E-state index contributed by atoms with van der Waals surface area (Å²) in [7, 11) is -1.58. The van der Waals surface area contributed by atoms with Crippen molar-refractivity contribution in [3.05, 3.63) is 52.9 Å². The summed E-state index contributed by atoms with van der Waals surface area (Å²) in [6.07, 6.45) is 8.54. The Labute approximate surface area is 163 Å². The summed E-state index contributed by atoms with van der Waals surface area (Å²) in [5.41, 5.74) is -0.362. The van der Waals surface area contributed by atoms with Crippen LogP contribution in [0.3, 0.4) is 0 Å². The van der Waals surface area contributed by atoms with Crippen molar-refractivity contribution in [3.63, 3.8) is 0 Å². The van der Waals surface area contributed by atoms with Crippen LogP contribution in [0.15, 0.2) is 47.2 Å². The van der Waals surface area contributed by atoms with Crippen LogP contribution in [0.25, 0.3) is 0 Å². The van der Waals surface area contributed by atoms with Crippen LogP contribution in [0, 0.1) is 28.1 Å². The van der Waals surface area contributed by atoms with Crippen LogP contribution in [-0.4, -0.2) is 33.1 Å². The van der Waals surface area contributed by atoms with Crippen LogP contribution >= 0.6 is 15.9 Å². The molecule has 8 heteroatoms. The van der Waals surface area contributed by atoms with Gasteiger partial charge in [-0.15, -0.1) is 0 Å². The van der Waals surface area contributed by atoms with Crippen molar-refractivity contribution >= 4 is 23.2 Å². The van der Waals surface area contributed by atoms with E-state index >= 15 is 0 Å². The molecule has 2 rings (SSSR count). The monoisotopic (exact) mass is 416 g/mol. The summed E-state index contributed by atoms with van der Waals surface area (Å²) in [6.45, 7) is 7.22. The SMILES string of the molecule is CC(C)(C#N)C1C=CC=CN1B(O)O.CC(C)(C#N)c1ccc(Br)cn1. The molecular formula is C18H22BBrN4O2. The maximum atomic E-state index is 9.09. The smallest absolute Gasteiger partial charge is 0.408 e. The lowest BCUT2D eigenvalue weighted by atomic mass is 9.81. The van der Waals surface area contributed by atoms with Gasteiger partial charge in [-0.3, -0.25) is 4.98 Å². The van der Waals surface area contributed by atoms with E-state index in [9.17, 15) is 0 Å². The molecule has 0 aliphatic carbocycles. The van der Waals surface area contributed by atoms with Crippen LogP contribution in [0.5, 0.6) is 0 Å². The van der Waals surface area contributed by atoms with Crippen LogP contribution in [0.2, 0.25) is 0 Å². The zero-order valence-electron chi connectivity index (χ0n) is 15.3. The summed E-state index contributed by atoms with van der Waals surface area (Å²) in [5, 5.41) is 35.9. The molecule has 0 aromatic carbocycles. The van der Waals surface area contributed by atoms with Crippen molar-refractivity contribution in [1.29, 1.82) is 10.5 Å². The number of hydrogen-bond donors (Lipinski definition) is 2. The highest BCUT2D eigenvalue weighted by Crippen LogP contribution is 2.27. The molecule has 1 aliphatic heterocycles. The minimum absolute atomic E-state index is 0.322. The summed E-state index contributed by atoms with van der Waals surface area (Å²) < 4.78 is 0.931. The first kappa shape index (κ1) is 21.9. The molecule has 6 nitrogen and oxygen atoms in total. The van der Waals surface area contributed by atoms with Crippen LogP contribution in [0.4, 0.5) is 0 Å². The van der Waals surface area contributed by atoms with Gasteiger partial charge in [0.25, 0.3) is 0 Å². The minimum Gasteiger partial charge on any atom is -0.408 e. The van der Waals surface area contributed by atoms with Crippen LogP contribution < -0.4 is 0 Å².